The molecule has 4 N–H and O–H groups in total. The molecule has 1 atom stereocenters. The van der Waals surface area contributed by atoms with Gasteiger partial charge in [0.1, 0.15) is 0 Å². The number of nitrogens with zero attached hydrogens (tertiary/aromatic N) is 1. The van der Waals surface area contributed by atoms with Gasteiger partial charge >= 0.3 is 0 Å². The lowest BCUT2D eigenvalue weighted by molar-refractivity contribution is 0.0947. The summed E-state index contributed by atoms with van der Waals surface area (Å²) in [7, 11) is 0. The van der Waals surface area contributed by atoms with E-state index in [9.17, 15) is 9.90 Å². The van der Waals surface area contributed by atoms with Crippen LogP contribution in [0.1, 0.15) is 21.7 Å². The molecular weight excluding hydrogens is 196 g/mol. The fourth-order valence-electron chi connectivity index (χ4n) is 1.29. The number of amides is 1. The van der Waals surface area contributed by atoms with Crippen LogP contribution in [0.2, 0.25) is 0 Å². The van der Waals surface area contributed by atoms with E-state index < -0.39 is 12.0 Å². The first-order valence-corrected chi connectivity index (χ1v) is 4.60. The summed E-state index contributed by atoms with van der Waals surface area (Å²) in [4.78, 5) is 15.0. The minimum atomic E-state index is -0.823. The summed E-state index contributed by atoms with van der Waals surface area (Å²) in [6.45, 7) is 1.37. The van der Waals surface area contributed by atoms with Gasteiger partial charge in [-0.05, 0) is 19.1 Å². The normalized spacial score (nSPS) is 12.5. The maximum absolute atomic E-state index is 10.9. The minimum absolute atomic E-state index is 0.260. The zero-order valence-corrected chi connectivity index (χ0v) is 8.47. The van der Waals surface area contributed by atoms with Gasteiger partial charge in [-0.25, -0.2) is 0 Å². The Labute approximate surface area is 87.6 Å². The number of rotatable bonds is 4. The molecule has 0 fully saturated rings. The lowest BCUT2D eigenvalue weighted by atomic mass is 10.1. The number of aliphatic hydroxyl groups is 2. The molecule has 0 saturated carbocycles. The third-order valence-corrected chi connectivity index (χ3v) is 2.06. The first kappa shape index (κ1) is 11.6. The number of carbonyl (C=O) groups is 1. The predicted octanol–water partition coefficient (Wildman–Crippen LogP) is -0.615. The first-order chi connectivity index (χ1) is 7.04. The van der Waals surface area contributed by atoms with Gasteiger partial charge in [0.25, 0.3) is 5.91 Å². The number of hydrogen-bond donors (Lipinski definition) is 3. The highest BCUT2D eigenvalue weighted by Gasteiger charge is 2.09. The highest BCUT2D eigenvalue weighted by atomic mass is 16.3. The fraction of sp³-hybridized carbons (Fsp3) is 0.400. The van der Waals surface area contributed by atoms with E-state index >= 15 is 0 Å². The first-order valence-electron chi connectivity index (χ1n) is 4.60. The Bertz CT molecular complexity index is 366. The van der Waals surface area contributed by atoms with Crippen LogP contribution in [-0.2, 0) is 6.42 Å². The van der Waals surface area contributed by atoms with Gasteiger partial charge in [0, 0.05) is 12.1 Å². The van der Waals surface area contributed by atoms with Crippen molar-refractivity contribution in [3.8, 4) is 0 Å². The molecule has 5 nitrogen and oxygen atoms in total. The van der Waals surface area contributed by atoms with E-state index in [0.29, 0.717) is 17.0 Å². The van der Waals surface area contributed by atoms with Crippen molar-refractivity contribution in [1.82, 2.24) is 4.98 Å². The van der Waals surface area contributed by atoms with Crippen LogP contribution in [0.4, 0.5) is 0 Å². The Balaban J connectivity index is 2.87. The molecule has 0 aromatic carbocycles. The molecular formula is C10H14N2O3. The fourth-order valence-corrected chi connectivity index (χ4v) is 1.29. The molecule has 1 aromatic rings. The Morgan fingerprint density at radius 3 is 2.73 bits per heavy atom. The average Bonchev–Trinajstić information content (AvgIpc) is 2.17. The smallest absolute Gasteiger partial charge is 0.250 e. The zero-order chi connectivity index (χ0) is 11.4. The van der Waals surface area contributed by atoms with Crippen molar-refractivity contribution in [2.24, 2.45) is 5.73 Å². The molecule has 82 valence electrons. The number of aromatic nitrogens is 1. The number of primary amides is 1. The molecule has 0 spiro atoms. The maximum atomic E-state index is 10.9. The highest BCUT2D eigenvalue weighted by Crippen LogP contribution is 2.07. The van der Waals surface area contributed by atoms with Gasteiger partial charge in [-0.2, -0.15) is 0 Å². The Morgan fingerprint density at radius 2 is 2.27 bits per heavy atom. The molecule has 0 aliphatic rings. The number of nitrogens with two attached hydrogens (primary N) is 1. The van der Waals surface area contributed by atoms with Gasteiger partial charge in [-0.3, -0.25) is 9.78 Å². The van der Waals surface area contributed by atoms with Gasteiger partial charge < -0.3 is 15.9 Å². The van der Waals surface area contributed by atoms with Gasteiger partial charge in [-0.15, -0.1) is 0 Å². The second-order valence-corrected chi connectivity index (χ2v) is 3.34. The van der Waals surface area contributed by atoms with Gasteiger partial charge in [0.15, 0.2) is 0 Å². The van der Waals surface area contributed by atoms with Crippen molar-refractivity contribution in [2.45, 2.75) is 19.4 Å². The molecule has 1 rings (SSSR count). The van der Waals surface area contributed by atoms with E-state index in [1.807, 2.05) is 0 Å². The van der Waals surface area contributed by atoms with Crippen LogP contribution >= 0.6 is 0 Å². The summed E-state index contributed by atoms with van der Waals surface area (Å²) in [6.07, 6.45) is -0.563. The van der Waals surface area contributed by atoms with Crippen molar-refractivity contribution in [3.63, 3.8) is 0 Å². The number of aryl methyl sites for hydroxylation is 1. The van der Waals surface area contributed by atoms with Gasteiger partial charge in [0.2, 0.25) is 0 Å². The molecule has 1 aromatic heterocycles. The maximum Gasteiger partial charge on any atom is 0.250 e. The second-order valence-electron chi connectivity index (χ2n) is 3.34. The third kappa shape index (κ3) is 3.00. The highest BCUT2D eigenvalue weighted by molar-refractivity contribution is 5.93. The van der Waals surface area contributed by atoms with Crippen LogP contribution in [-0.4, -0.2) is 33.8 Å². The van der Waals surface area contributed by atoms with Crippen LogP contribution < -0.4 is 5.73 Å². The largest absolute Gasteiger partial charge is 0.394 e. The standard InChI is InChI=1S/C10H14N2O3/c1-6-9(10(11)15)3-2-7(12-6)4-8(14)5-13/h2-3,8,13-14H,4-5H2,1H3,(H2,11,15)/t8-/m0/s1. The summed E-state index contributed by atoms with van der Waals surface area (Å²) in [6, 6.07) is 3.19. The quantitative estimate of drug-likeness (QED) is 0.617. The summed E-state index contributed by atoms with van der Waals surface area (Å²) in [5.74, 6) is -0.519. The molecule has 1 amide bonds. The van der Waals surface area contributed by atoms with Crippen molar-refractivity contribution >= 4 is 5.91 Å². The predicted molar refractivity (Wildman–Crippen MR) is 54.3 cm³/mol. The monoisotopic (exact) mass is 210 g/mol. The average molecular weight is 210 g/mol. The van der Waals surface area contributed by atoms with Gasteiger partial charge in [0.05, 0.1) is 24.0 Å². The van der Waals surface area contributed by atoms with E-state index in [2.05, 4.69) is 4.98 Å². The van der Waals surface area contributed by atoms with Crippen LogP contribution in [0.3, 0.4) is 0 Å². The van der Waals surface area contributed by atoms with Crippen molar-refractivity contribution in [3.05, 3.63) is 29.1 Å². The van der Waals surface area contributed by atoms with Crippen molar-refractivity contribution in [2.75, 3.05) is 6.61 Å². The van der Waals surface area contributed by atoms with E-state index in [1.54, 1.807) is 19.1 Å². The molecule has 0 bridgehead atoms. The Morgan fingerprint density at radius 1 is 1.60 bits per heavy atom. The molecule has 0 aliphatic carbocycles. The summed E-state index contributed by atoms with van der Waals surface area (Å²) in [5, 5.41) is 17.9. The molecule has 0 saturated heterocycles. The Hall–Kier alpha value is -1.46. The summed E-state index contributed by atoms with van der Waals surface area (Å²) >= 11 is 0. The Kier molecular flexibility index (Phi) is 3.76. The van der Waals surface area contributed by atoms with Crippen molar-refractivity contribution < 1.29 is 15.0 Å². The number of aliphatic hydroxyl groups excluding tert-OH is 2. The van der Waals surface area contributed by atoms with Crippen LogP contribution in [0, 0.1) is 6.92 Å². The molecule has 0 unspecified atom stereocenters. The molecule has 0 aliphatic heterocycles. The topological polar surface area (TPSA) is 96.4 Å². The number of carbonyl (C=O) groups excluding carboxylic acids is 1. The van der Waals surface area contributed by atoms with Crippen LogP contribution in [0.5, 0.6) is 0 Å². The van der Waals surface area contributed by atoms with E-state index in [-0.39, 0.29) is 13.0 Å². The SMILES string of the molecule is Cc1nc(C[C@H](O)CO)ccc1C(N)=O. The van der Waals surface area contributed by atoms with Crippen molar-refractivity contribution in [1.29, 1.82) is 0 Å². The number of pyridine rings is 1. The molecule has 1 heterocycles. The van der Waals surface area contributed by atoms with E-state index in [4.69, 9.17) is 10.8 Å². The second kappa shape index (κ2) is 4.86. The molecule has 0 radical (unpaired) electrons. The molecule has 5 heteroatoms. The third-order valence-electron chi connectivity index (χ3n) is 2.06. The molecule has 15 heavy (non-hydrogen) atoms. The summed E-state index contributed by atoms with van der Waals surface area (Å²) in [5.41, 5.74) is 6.65. The van der Waals surface area contributed by atoms with E-state index in [1.165, 1.54) is 0 Å². The van der Waals surface area contributed by atoms with Crippen LogP contribution in [0.15, 0.2) is 12.1 Å². The van der Waals surface area contributed by atoms with Gasteiger partial charge in [-0.1, -0.05) is 0 Å². The zero-order valence-electron chi connectivity index (χ0n) is 8.47. The number of hydrogen-bond acceptors (Lipinski definition) is 4. The van der Waals surface area contributed by atoms with Crippen LogP contribution in [0.25, 0.3) is 0 Å². The minimum Gasteiger partial charge on any atom is -0.394 e. The lowest BCUT2D eigenvalue weighted by Gasteiger charge is -2.08. The lowest BCUT2D eigenvalue weighted by Crippen LogP contribution is -2.18. The van der Waals surface area contributed by atoms with E-state index in [0.717, 1.165) is 0 Å². The summed E-state index contributed by atoms with van der Waals surface area (Å²) < 4.78 is 0.